The first-order valence-electron chi connectivity index (χ1n) is 10.5. The molecule has 6 heteroatoms. The second-order valence-corrected chi connectivity index (χ2v) is 9.18. The molecular weight excluding hydrogens is 517 g/mol. The van der Waals surface area contributed by atoms with Crippen LogP contribution in [0, 0.1) is 3.57 Å². The Morgan fingerprint density at radius 1 is 0.969 bits per heavy atom. The Balaban J connectivity index is 1.60. The van der Waals surface area contributed by atoms with E-state index in [-0.39, 0.29) is 19.1 Å². The average molecular weight is 541 g/mol. The summed E-state index contributed by atoms with van der Waals surface area (Å²) >= 11 is 2.16. The summed E-state index contributed by atoms with van der Waals surface area (Å²) in [5, 5.41) is 10.1. The highest BCUT2D eigenvalue weighted by atomic mass is 127. The number of benzene rings is 3. The molecule has 0 fully saturated rings. The summed E-state index contributed by atoms with van der Waals surface area (Å²) in [4.78, 5) is 26.8. The molecule has 0 saturated heterocycles. The summed E-state index contributed by atoms with van der Waals surface area (Å²) < 4.78 is 6.75. The highest BCUT2D eigenvalue weighted by Gasteiger charge is 2.44. The first kappa shape index (κ1) is 22.3. The number of fused-ring (bicyclic) bond motifs is 3. The van der Waals surface area contributed by atoms with Crippen LogP contribution in [0.3, 0.4) is 0 Å². The largest absolute Gasteiger partial charge is 0.479 e. The van der Waals surface area contributed by atoms with Crippen molar-refractivity contribution in [2.24, 2.45) is 0 Å². The molecule has 3 aromatic carbocycles. The molecule has 0 spiro atoms. The molecule has 0 aliphatic heterocycles. The van der Waals surface area contributed by atoms with Gasteiger partial charge in [0.15, 0.2) is 5.54 Å². The van der Waals surface area contributed by atoms with Crippen molar-refractivity contribution in [3.63, 3.8) is 0 Å². The number of hydrogen-bond donors (Lipinski definition) is 1. The number of rotatable bonds is 6. The minimum absolute atomic E-state index is 0.0838. The molecular formula is C26H24INO4. The van der Waals surface area contributed by atoms with Crippen molar-refractivity contribution in [2.45, 2.75) is 25.3 Å². The van der Waals surface area contributed by atoms with Crippen molar-refractivity contribution in [1.82, 2.24) is 4.90 Å². The Kier molecular flexibility index (Phi) is 6.24. The van der Waals surface area contributed by atoms with Gasteiger partial charge in [-0.3, -0.25) is 4.90 Å². The molecule has 0 bridgehead atoms. The van der Waals surface area contributed by atoms with Gasteiger partial charge in [0, 0.05) is 16.0 Å². The number of ether oxygens (including phenoxy) is 1. The van der Waals surface area contributed by atoms with Crippen LogP contribution in [0.2, 0.25) is 0 Å². The summed E-state index contributed by atoms with van der Waals surface area (Å²) in [5.74, 6) is -1.19. The highest BCUT2D eigenvalue weighted by Crippen LogP contribution is 2.44. The van der Waals surface area contributed by atoms with E-state index >= 15 is 0 Å². The number of aliphatic carboxylic acids is 1. The molecule has 1 aliphatic rings. The van der Waals surface area contributed by atoms with Crippen LogP contribution in [0.1, 0.15) is 36.5 Å². The van der Waals surface area contributed by atoms with Gasteiger partial charge in [0.05, 0.1) is 0 Å². The van der Waals surface area contributed by atoms with E-state index in [4.69, 9.17) is 4.74 Å². The number of halogens is 1. The molecule has 5 nitrogen and oxygen atoms in total. The van der Waals surface area contributed by atoms with E-state index in [1.165, 1.54) is 4.90 Å². The normalized spacial score (nSPS) is 14.2. The molecule has 0 radical (unpaired) electrons. The molecule has 0 aromatic heterocycles. The molecule has 4 rings (SSSR count). The number of carbonyl (C=O) groups is 2. The van der Waals surface area contributed by atoms with Crippen LogP contribution >= 0.6 is 22.6 Å². The van der Waals surface area contributed by atoms with Crippen molar-refractivity contribution < 1.29 is 19.4 Å². The molecule has 164 valence electrons. The van der Waals surface area contributed by atoms with Gasteiger partial charge in [0.1, 0.15) is 6.61 Å². The summed E-state index contributed by atoms with van der Waals surface area (Å²) in [6.45, 7) is 3.65. The number of carboxylic acid groups (broad SMARTS) is 1. The fourth-order valence-corrected chi connectivity index (χ4v) is 4.83. The van der Waals surface area contributed by atoms with E-state index in [0.717, 1.165) is 25.8 Å². The van der Waals surface area contributed by atoms with Gasteiger partial charge in [-0.15, -0.1) is 0 Å². The molecule has 1 amide bonds. The minimum atomic E-state index is -1.54. The van der Waals surface area contributed by atoms with Crippen LogP contribution in [0.15, 0.2) is 72.8 Å². The maximum Gasteiger partial charge on any atom is 0.411 e. The fraction of sp³-hybridized carbons (Fsp3) is 0.231. The van der Waals surface area contributed by atoms with E-state index < -0.39 is 17.6 Å². The third-order valence-electron chi connectivity index (χ3n) is 6.24. The van der Waals surface area contributed by atoms with Gasteiger partial charge in [-0.2, -0.15) is 0 Å². The highest BCUT2D eigenvalue weighted by molar-refractivity contribution is 14.1. The van der Waals surface area contributed by atoms with E-state index in [1.54, 1.807) is 26.0 Å². The number of carboxylic acids is 1. The minimum Gasteiger partial charge on any atom is -0.479 e. The van der Waals surface area contributed by atoms with Crippen LogP contribution in [-0.4, -0.2) is 35.2 Å². The maximum absolute atomic E-state index is 13.2. The monoisotopic (exact) mass is 541 g/mol. The molecule has 32 heavy (non-hydrogen) atoms. The van der Waals surface area contributed by atoms with E-state index in [9.17, 15) is 14.7 Å². The zero-order chi connectivity index (χ0) is 22.9. The maximum atomic E-state index is 13.2. The lowest BCUT2D eigenvalue weighted by Gasteiger charge is -2.37. The van der Waals surface area contributed by atoms with E-state index in [2.05, 4.69) is 46.9 Å². The Morgan fingerprint density at radius 3 is 2.00 bits per heavy atom. The van der Waals surface area contributed by atoms with Crippen LogP contribution in [-0.2, 0) is 15.1 Å². The molecule has 1 unspecified atom stereocenters. The van der Waals surface area contributed by atoms with E-state index in [1.807, 2.05) is 36.4 Å². The Hall–Kier alpha value is -2.87. The van der Waals surface area contributed by atoms with E-state index in [0.29, 0.717) is 5.56 Å². The number of likely N-dealkylation sites (N-methyl/N-ethyl adjacent to an activating group) is 1. The predicted octanol–water partition coefficient (Wildman–Crippen LogP) is 5.86. The smallest absolute Gasteiger partial charge is 0.411 e. The Bertz CT molecular complexity index is 1110. The SMILES string of the molecule is CCN(C(=O)OCC1c2ccccc2-c2ccccc21)C(C)(C(=O)O)c1ccc(I)cc1. The van der Waals surface area contributed by atoms with Gasteiger partial charge in [0.25, 0.3) is 0 Å². The van der Waals surface area contributed by atoms with Gasteiger partial charge in [-0.25, -0.2) is 9.59 Å². The summed E-state index contributed by atoms with van der Waals surface area (Å²) in [6.07, 6.45) is -0.641. The van der Waals surface area contributed by atoms with Crippen LogP contribution < -0.4 is 0 Å². The van der Waals surface area contributed by atoms with Crippen molar-refractivity contribution in [1.29, 1.82) is 0 Å². The lowest BCUT2D eigenvalue weighted by atomic mass is 9.90. The molecule has 0 heterocycles. The Labute approximate surface area is 201 Å². The second-order valence-electron chi connectivity index (χ2n) is 7.93. The van der Waals surface area contributed by atoms with Crippen LogP contribution in [0.25, 0.3) is 11.1 Å². The fourth-order valence-electron chi connectivity index (χ4n) is 4.47. The Morgan fingerprint density at radius 2 is 1.50 bits per heavy atom. The first-order chi connectivity index (χ1) is 15.4. The topological polar surface area (TPSA) is 66.8 Å². The lowest BCUT2D eigenvalue weighted by molar-refractivity contribution is -0.150. The molecule has 0 saturated carbocycles. The van der Waals surface area contributed by atoms with Gasteiger partial charge >= 0.3 is 12.1 Å². The lowest BCUT2D eigenvalue weighted by Crippen LogP contribution is -2.53. The second kappa shape index (κ2) is 8.94. The average Bonchev–Trinajstić information content (AvgIpc) is 3.12. The van der Waals surface area contributed by atoms with Gasteiger partial charge in [-0.1, -0.05) is 60.7 Å². The van der Waals surface area contributed by atoms with Crippen molar-refractivity contribution in [2.75, 3.05) is 13.2 Å². The third kappa shape index (κ3) is 3.77. The van der Waals surface area contributed by atoms with Crippen LogP contribution in [0.4, 0.5) is 4.79 Å². The van der Waals surface area contributed by atoms with Crippen molar-refractivity contribution in [3.8, 4) is 11.1 Å². The standard InChI is InChI=1S/C26H24INO4/c1-3-28(26(2,24(29)30)17-12-14-18(27)15-13-17)25(31)32-16-23-21-10-6-4-8-19(21)20-9-5-7-11-22(20)23/h4-15,23H,3,16H2,1-2H3,(H,29,30). The van der Waals surface area contributed by atoms with Gasteiger partial charge < -0.3 is 9.84 Å². The molecule has 1 N–H and O–H groups in total. The summed E-state index contributed by atoms with van der Waals surface area (Å²) in [7, 11) is 0. The van der Waals surface area contributed by atoms with Gasteiger partial charge in [0.2, 0.25) is 0 Å². The molecule has 1 atom stereocenters. The number of nitrogens with zero attached hydrogens (tertiary/aromatic N) is 1. The first-order valence-corrected chi connectivity index (χ1v) is 11.6. The van der Waals surface area contributed by atoms with Crippen molar-refractivity contribution >= 4 is 34.7 Å². The predicted molar refractivity (Wildman–Crippen MR) is 132 cm³/mol. The zero-order valence-corrected chi connectivity index (χ0v) is 20.1. The summed E-state index contributed by atoms with van der Waals surface area (Å²) in [6, 6.07) is 23.4. The third-order valence-corrected chi connectivity index (χ3v) is 6.95. The quantitative estimate of drug-likeness (QED) is 0.397. The number of carbonyl (C=O) groups excluding carboxylic acids is 1. The molecule has 3 aromatic rings. The number of hydrogen-bond acceptors (Lipinski definition) is 3. The van der Waals surface area contributed by atoms with Gasteiger partial charge in [-0.05, 0) is 76.4 Å². The van der Waals surface area contributed by atoms with Crippen molar-refractivity contribution in [3.05, 3.63) is 93.1 Å². The molecule has 1 aliphatic carbocycles. The van der Waals surface area contributed by atoms with Crippen LogP contribution in [0.5, 0.6) is 0 Å². The zero-order valence-electron chi connectivity index (χ0n) is 17.9. The number of amides is 1. The summed E-state index contributed by atoms with van der Waals surface area (Å²) in [5.41, 5.74) is 3.51.